The monoisotopic (exact) mass is 366 g/mol. The predicted octanol–water partition coefficient (Wildman–Crippen LogP) is 3.86. The number of hydrogen-bond acceptors (Lipinski definition) is 2. The first-order chi connectivity index (χ1) is 13.0. The Hall–Kier alpha value is -2.95. The van der Waals surface area contributed by atoms with Crippen molar-refractivity contribution >= 4 is 17.9 Å². The molecule has 1 saturated heterocycles. The maximum absolute atomic E-state index is 14.1. The molecule has 1 fully saturated rings. The van der Waals surface area contributed by atoms with Gasteiger partial charge >= 0.3 is 0 Å². The van der Waals surface area contributed by atoms with E-state index in [0.29, 0.717) is 24.6 Å². The van der Waals surface area contributed by atoms with Gasteiger partial charge in [-0.2, -0.15) is 0 Å². The molecular formula is C22H23FN2O2. The fourth-order valence-corrected chi connectivity index (χ4v) is 3.06. The third kappa shape index (κ3) is 4.82. The lowest BCUT2D eigenvalue weighted by atomic mass is 9.99. The number of halogens is 1. The number of nitrogens with one attached hydrogen (secondary N) is 1. The second-order valence-electron chi connectivity index (χ2n) is 6.87. The maximum atomic E-state index is 14.1. The van der Waals surface area contributed by atoms with Crippen molar-refractivity contribution in [2.75, 3.05) is 13.1 Å². The molecule has 2 aromatic rings. The van der Waals surface area contributed by atoms with Crippen molar-refractivity contribution in [1.29, 1.82) is 0 Å². The summed E-state index contributed by atoms with van der Waals surface area (Å²) in [4.78, 5) is 27.3. The van der Waals surface area contributed by atoms with Gasteiger partial charge in [0, 0.05) is 24.2 Å². The number of carbonyl (C=O) groups excluding carboxylic acids is 2. The van der Waals surface area contributed by atoms with Gasteiger partial charge in [-0.3, -0.25) is 9.59 Å². The minimum atomic E-state index is -0.441. The molecule has 0 radical (unpaired) electrons. The van der Waals surface area contributed by atoms with Crippen LogP contribution in [0.2, 0.25) is 0 Å². The van der Waals surface area contributed by atoms with Crippen LogP contribution in [0.1, 0.15) is 35.7 Å². The molecule has 0 spiro atoms. The van der Waals surface area contributed by atoms with Gasteiger partial charge in [-0.05, 0) is 43.0 Å². The Balaban J connectivity index is 1.88. The van der Waals surface area contributed by atoms with Crippen LogP contribution in [0.15, 0.2) is 60.3 Å². The Bertz CT molecular complexity index is 840. The van der Waals surface area contributed by atoms with E-state index >= 15 is 0 Å². The molecule has 0 unspecified atom stereocenters. The molecule has 0 atom stereocenters. The minimum Gasteiger partial charge on any atom is -0.337 e. The average molecular weight is 366 g/mol. The van der Waals surface area contributed by atoms with Crippen LogP contribution in [0.4, 0.5) is 4.39 Å². The zero-order chi connectivity index (χ0) is 19.2. The van der Waals surface area contributed by atoms with Gasteiger partial charge in [0.15, 0.2) is 0 Å². The number of nitrogens with zero attached hydrogens (tertiary/aromatic N) is 1. The van der Waals surface area contributed by atoms with Crippen molar-refractivity contribution in [2.45, 2.75) is 19.8 Å². The summed E-state index contributed by atoms with van der Waals surface area (Å²) in [6, 6.07) is 14.8. The lowest BCUT2D eigenvalue weighted by Gasteiger charge is -2.31. The lowest BCUT2D eigenvalue weighted by Crippen LogP contribution is -2.42. The van der Waals surface area contributed by atoms with Crippen LogP contribution in [0.5, 0.6) is 0 Å². The quantitative estimate of drug-likeness (QED) is 0.836. The highest BCUT2D eigenvalue weighted by Crippen LogP contribution is 2.19. The number of benzene rings is 2. The fraction of sp³-hybridized carbons (Fsp3) is 0.273. The van der Waals surface area contributed by atoms with Crippen LogP contribution in [0.3, 0.4) is 0 Å². The van der Waals surface area contributed by atoms with Crippen LogP contribution in [-0.4, -0.2) is 29.8 Å². The molecule has 3 rings (SSSR count). The van der Waals surface area contributed by atoms with E-state index in [0.717, 1.165) is 12.8 Å². The predicted molar refractivity (Wildman–Crippen MR) is 103 cm³/mol. The van der Waals surface area contributed by atoms with Gasteiger partial charge in [-0.15, -0.1) is 0 Å². The van der Waals surface area contributed by atoms with E-state index in [-0.39, 0.29) is 17.2 Å². The molecule has 5 heteroatoms. The maximum Gasteiger partial charge on any atom is 0.270 e. The average Bonchev–Trinajstić information content (AvgIpc) is 2.69. The van der Waals surface area contributed by atoms with E-state index < -0.39 is 11.7 Å². The second-order valence-corrected chi connectivity index (χ2v) is 6.87. The molecule has 0 aromatic heterocycles. The first kappa shape index (κ1) is 18.8. The fourth-order valence-electron chi connectivity index (χ4n) is 3.06. The number of rotatable bonds is 4. The van der Waals surface area contributed by atoms with Crippen molar-refractivity contribution in [1.82, 2.24) is 10.2 Å². The van der Waals surface area contributed by atoms with Gasteiger partial charge in [0.25, 0.3) is 11.8 Å². The van der Waals surface area contributed by atoms with Crippen molar-refractivity contribution in [3.05, 3.63) is 77.2 Å². The van der Waals surface area contributed by atoms with E-state index in [1.54, 1.807) is 47.4 Å². The summed E-state index contributed by atoms with van der Waals surface area (Å²) in [5, 5.41) is 2.68. The number of carbonyl (C=O) groups is 2. The van der Waals surface area contributed by atoms with Crippen molar-refractivity contribution in [3.8, 4) is 0 Å². The zero-order valence-electron chi connectivity index (χ0n) is 15.3. The minimum absolute atomic E-state index is 0.0866. The molecule has 4 nitrogen and oxygen atoms in total. The Morgan fingerprint density at radius 3 is 2.33 bits per heavy atom. The highest BCUT2D eigenvalue weighted by molar-refractivity contribution is 6.05. The third-order valence-electron chi connectivity index (χ3n) is 4.79. The Morgan fingerprint density at radius 2 is 1.67 bits per heavy atom. The largest absolute Gasteiger partial charge is 0.337 e. The van der Waals surface area contributed by atoms with Crippen LogP contribution in [-0.2, 0) is 4.79 Å². The van der Waals surface area contributed by atoms with Gasteiger partial charge in [-0.1, -0.05) is 43.3 Å². The van der Waals surface area contributed by atoms with Crippen molar-refractivity contribution in [2.24, 2.45) is 5.92 Å². The van der Waals surface area contributed by atoms with Gasteiger partial charge in [-0.25, -0.2) is 4.39 Å². The highest BCUT2D eigenvalue weighted by atomic mass is 19.1. The van der Waals surface area contributed by atoms with Crippen LogP contribution in [0, 0.1) is 11.7 Å². The molecule has 0 bridgehead atoms. The molecule has 2 amide bonds. The number of amides is 2. The van der Waals surface area contributed by atoms with E-state index in [1.807, 2.05) is 6.07 Å². The summed E-state index contributed by atoms with van der Waals surface area (Å²) < 4.78 is 14.1. The van der Waals surface area contributed by atoms with Gasteiger partial charge in [0.1, 0.15) is 11.5 Å². The normalized spacial score (nSPS) is 15.5. The molecule has 2 aromatic carbocycles. The lowest BCUT2D eigenvalue weighted by molar-refractivity contribution is -0.128. The molecule has 0 saturated carbocycles. The molecule has 140 valence electrons. The smallest absolute Gasteiger partial charge is 0.270 e. The molecule has 1 N–H and O–H groups in total. The van der Waals surface area contributed by atoms with E-state index in [2.05, 4.69) is 12.2 Å². The van der Waals surface area contributed by atoms with Crippen LogP contribution < -0.4 is 5.32 Å². The highest BCUT2D eigenvalue weighted by Gasteiger charge is 2.24. The summed E-state index contributed by atoms with van der Waals surface area (Å²) in [5.41, 5.74) is 0.792. The Morgan fingerprint density at radius 1 is 1.04 bits per heavy atom. The summed E-state index contributed by atoms with van der Waals surface area (Å²) in [6.07, 6.45) is 3.26. The second kappa shape index (κ2) is 8.62. The van der Waals surface area contributed by atoms with Crippen LogP contribution in [0.25, 0.3) is 6.08 Å². The molecular weight excluding hydrogens is 343 g/mol. The Kier molecular flexibility index (Phi) is 6.01. The topological polar surface area (TPSA) is 49.4 Å². The standard InChI is InChI=1S/C22H23FN2O2/c1-16-11-13-25(14-12-16)22(27)20(15-18-9-5-6-10-19(18)23)24-21(26)17-7-3-2-4-8-17/h2-10,15-16H,11-14H2,1H3,(H,24,26). The number of likely N-dealkylation sites (tertiary alicyclic amines) is 1. The van der Waals surface area contributed by atoms with E-state index in [9.17, 15) is 14.0 Å². The third-order valence-corrected chi connectivity index (χ3v) is 4.79. The summed E-state index contributed by atoms with van der Waals surface area (Å²) in [5.74, 6) is -0.540. The van der Waals surface area contributed by atoms with E-state index in [1.165, 1.54) is 12.1 Å². The number of hydrogen-bond donors (Lipinski definition) is 1. The summed E-state index contributed by atoms with van der Waals surface area (Å²) >= 11 is 0. The van der Waals surface area contributed by atoms with Crippen LogP contribution >= 0.6 is 0 Å². The van der Waals surface area contributed by atoms with Gasteiger partial charge in [0.2, 0.25) is 0 Å². The Labute approximate surface area is 158 Å². The van der Waals surface area contributed by atoms with Crippen molar-refractivity contribution in [3.63, 3.8) is 0 Å². The van der Waals surface area contributed by atoms with Crippen molar-refractivity contribution < 1.29 is 14.0 Å². The molecule has 27 heavy (non-hydrogen) atoms. The molecule has 0 aliphatic carbocycles. The molecule has 1 aliphatic heterocycles. The zero-order valence-corrected chi connectivity index (χ0v) is 15.3. The molecule has 1 aliphatic rings. The summed E-state index contributed by atoms with van der Waals surface area (Å²) in [6.45, 7) is 3.43. The van der Waals surface area contributed by atoms with Gasteiger partial charge < -0.3 is 10.2 Å². The SMILES string of the molecule is CC1CCN(C(=O)C(=Cc2ccccc2F)NC(=O)c2ccccc2)CC1. The summed E-state index contributed by atoms with van der Waals surface area (Å²) in [7, 11) is 0. The van der Waals surface area contributed by atoms with E-state index in [4.69, 9.17) is 0 Å². The number of piperidine rings is 1. The first-order valence-corrected chi connectivity index (χ1v) is 9.16. The molecule has 1 heterocycles. The first-order valence-electron chi connectivity index (χ1n) is 9.16. The van der Waals surface area contributed by atoms with Gasteiger partial charge in [0.05, 0.1) is 0 Å².